The molecule has 3 rings (SSSR count). The fourth-order valence-electron chi connectivity index (χ4n) is 3.75. The van der Waals surface area contributed by atoms with Gasteiger partial charge in [-0.1, -0.05) is 6.07 Å². The number of hydrogen-bond donors (Lipinski definition) is 0. The molecule has 2 heterocycles. The minimum atomic E-state index is -4.11. The van der Waals surface area contributed by atoms with Crippen molar-refractivity contribution in [1.82, 2.24) is 13.5 Å². The van der Waals surface area contributed by atoms with Crippen LogP contribution in [0.4, 0.5) is 14.9 Å². The Labute approximate surface area is 176 Å². The van der Waals surface area contributed by atoms with Gasteiger partial charge in [-0.2, -0.15) is 17.0 Å². The Morgan fingerprint density at radius 2 is 1.83 bits per heavy atom. The first-order valence-electron chi connectivity index (χ1n) is 9.81. The maximum Gasteiger partial charge on any atom is 0.424 e. The molecule has 0 bridgehead atoms. The maximum atomic E-state index is 14.8. The first kappa shape index (κ1) is 22.3. The van der Waals surface area contributed by atoms with Crippen LogP contribution in [0.15, 0.2) is 18.2 Å². The third-order valence-electron chi connectivity index (χ3n) is 5.65. The average Bonchev–Trinajstić information content (AvgIpc) is 2.71. The Balaban J connectivity index is 1.75. The Morgan fingerprint density at radius 1 is 1.17 bits per heavy atom. The number of benzene rings is 1. The molecule has 2 aliphatic heterocycles. The van der Waals surface area contributed by atoms with E-state index >= 15 is 0 Å². The third-order valence-corrected chi connectivity index (χ3v) is 7.62. The predicted octanol–water partition coefficient (Wildman–Crippen LogP) is 1.40. The molecular weight excluding hydrogens is 415 g/mol. The van der Waals surface area contributed by atoms with Crippen LogP contribution in [-0.2, 0) is 26.3 Å². The van der Waals surface area contributed by atoms with Crippen molar-refractivity contribution >= 4 is 27.9 Å². The summed E-state index contributed by atoms with van der Waals surface area (Å²) in [5, 5.41) is 0. The van der Waals surface area contributed by atoms with Gasteiger partial charge in [0, 0.05) is 63.5 Å². The van der Waals surface area contributed by atoms with Crippen LogP contribution in [0.2, 0.25) is 0 Å². The van der Waals surface area contributed by atoms with Crippen molar-refractivity contribution in [3.63, 3.8) is 0 Å². The molecule has 2 amide bonds. The van der Waals surface area contributed by atoms with Crippen LogP contribution in [0.3, 0.4) is 0 Å². The Hall–Kier alpha value is -2.40. The zero-order valence-electron chi connectivity index (χ0n) is 17.4. The molecule has 0 aromatic heterocycles. The van der Waals surface area contributed by atoms with Gasteiger partial charge >= 0.3 is 16.3 Å². The Kier molecular flexibility index (Phi) is 6.51. The molecule has 1 aromatic rings. The van der Waals surface area contributed by atoms with E-state index in [1.54, 1.807) is 24.0 Å². The lowest BCUT2D eigenvalue weighted by Crippen LogP contribution is -2.55. The first-order chi connectivity index (χ1) is 14.1. The standard InChI is InChI=1S/C19H27FN4O5S/c1-14-6-7-23(19(26)29-3)30(27,28)24(14)13-16-4-5-17(12-18(16)20)22-10-8-21(9-11-22)15(2)25/h4-5,12,14H,6-11,13H2,1-3H3/t14-/m0/s1. The van der Waals surface area contributed by atoms with Gasteiger partial charge in [0.25, 0.3) is 0 Å². The summed E-state index contributed by atoms with van der Waals surface area (Å²) < 4.78 is 46.9. The Bertz CT molecular complexity index is 917. The molecule has 0 N–H and O–H groups in total. The number of halogens is 1. The van der Waals surface area contributed by atoms with Crippen molar-refractivity contribution in [2.24, 2.45) is 0 Å². The molecule has 0 radical (unpaired) electrons. The Morgan fingerprint density at radius 3 is 2.40 bits per heavy atom. The zero-order valence-corrected chi connectivity index (χ0v) is 18.2. The van der Waals surface area contributed by atoms with Crippen molar-refractivity contribution in [3.8, 4) is 0 Å². The van der Waals surface area contributed by atoms with Gasteiger partial charge in [0.15, 0.2) is 0 Å². The number of piperazine rings is 1. The molecule has 2 saturated heterocycles. The zero-order chi connectivity index (χ0) is 22.1. The van der Waals surface area contributed by atoms with Crippen molar-refractivity contribution in [1.29, 1.82) is 0 Å². The molecule has 0 unspecified atom stereocenters. The van der Waals surface area contributed by atoms with Crippen molar-refractivity contribution in [2.75, 3.05) is 44.7 Å². The number of nitrogens with zero attached hydrogens (tertiary/aromatic N) is 4. The lowest BCUT2D eigenvalue weighted by Gasteiger charge is -2.38. The van der Waals surface area contributed by atoms with E-state index in [2.05, 4.69) is 4.74 Å². The number of ether oxygens (including phenoxy) is 1. The van der Waals surface area contributed by atoms with E-state index in [0.717, 1.165) is 11.4 Å². The largest absolute Gasteiger partial charge is 0.452 e. The summed E-state index contributed by atoms with van der Waals surface area (Å²) in [6.07, 6.45) is -0.526. The van der Waals surface area contributed by atoms with Gasteiger partial charge in [0.2, 0.25) is 5.91 Å². The van der Waals surface area contributed by atoms with Gasteiger partial charge < -0.3 is 14.5 Å². The monoisotopic (exact) mass is 442 g/mol. The topological polar surface area (TPSA) is 90.5 Å². The molecule has 2 aliphatic rings. The summed E-state index contributed by atoms with van der Waals surface area (Å²) in [6, 6.07) is 4.33. The minimum absolute atomic E-state index is 0.0223. The summed E-state index contributed by atoms with van der Waals surface area (Å²) in [4.78, 5) is 27.0. The summed E-state index contributed by atoms with van der Waals surface area (Å²) >= 11 is 0. The number of anilines is 1. The van der Waals surface area contributed by atoms with Crippen LogP contribution >= 0.6 is 0 Å². The van der Waals surface area contributed by atoms with Crippen molar-refractivity contribution < 1.29 is 27.1 Å². The predicted molar refractivity (Wildman–Crippen MR) is 109 cm³/mol. The van der Waals surface area contributed by atoms with Gasteiger partial charge in [-0.25, -0.2) is 9.18 Å². The number of rotatable bonds is 3. The van der Waals surface area contributed by atoms with E-state index in [1.807, 2.05) is 4.90 Å². The van der Waals surface area contributed by atoms with Crippen LogP contribution in [-0.4, -0.2) is 79.8 Å². The van der Waals surface area contributed by atoms with Crippen LogP contribution in [0.5, 0.6) is 0 Å². The highest BCUT2D eigenvalue weighted by molar-refractivity contribution is 7.87. The molecule has 11 heteroatoms. The SMILES string of the molecule is COC(=O)N1CC[C@H](C)N(Cc2ccc(N3CCN(C(C)=O)CC3)cc2F)S1(=O)=O. The highest BCUT2D eigenvalue weighted by Gasteiger charge is 2.41. The molecule has 2 fully saturated rings. The maximum absolute atomic E-state index is 14.8. The number of hydrogen-bond acceptors (Lipinski definition) is 6. The fraction of sp³-hybridized carbons (Fsp3) is 0.579. The van der Waals surface area contributed by atoms with Crippen LogP contribution in [0, 0.1) is 5.82 Å². The lowest BCUT2D eigenvalue weighted by atomic mass is 10.1. The molecule has 166 valence electrons. The van der Waals surface area contributed by atoms with E-state index in [-0.39, 0.29) is 30.6 Å². The van der Waals surface area contributed by atoms with Crippen LogP contribution < -0.4 is 4.90 Å². The van der Waals surface area contributed by atoms with Crippen LogP contribution in [0.25, 0.3) is 0 Å². The van der Waals surface area contributed by atoms with Gasteiger partial charge in [-0.15, -0.1) is 0 Å². The molecule has 0 spiro atoms. The van der Waals surface area contributed by atoms with Gasteiger partial charge in [-0.05, 0) is 25.5 Å². The molecule has 0 saturated carbocycles. The number of methoxy groups -OCH3 is 1. The third kappa shape index (κ3) is 4.36. The van der Waals surface area contributed by atoms with E-state index in [9.17, 15) is 22.4 Å². The van der Waals surface area contributed by atoms with Crippen LogP contribution in [0.1, 0.15) is 25.8 Å². The molecule has 9 nitrogen and oxygen atoms in total. The highest BCUT2D eigenvalue weighted by atomic mass is 32.2. The minimum Gasteiger partial charge on any atom is -0.452 e. The van der Waals surface area contributed by atoms with E-state index in [4.69, 9.17) is 0 Å². The number of carbonyl (C=O) groups is 2. The second kappa shape index (κ2) is 8.76. The molecule has 1 aromatic carbocycles. The second-order valence-corrected chi connectivity index (χ2v) is 9.31. The van der Waals surface area contributed by atoms with E-state index < -0.39 is 22.1 Å². The number of carbonyl (C=O) groups excluding carboxylic acids is 2. The van der Waals surface area contributed by atoms with Crippen molar-refractivity contribution in [3.05, 3.63) is 29.6 Å². The summed E-state index contributed by atoms with van der Waals surface area (Å²) in [5.41, 5.74) is 0.911. The van der Waals surface area contributed by atoms with E-state index in [1.165, 1.54) is 13.0 Å². The smallest absolute Gasteiger partial charge is 0.424 e. The van der Waals surface area contributed by atoms with Gasteiger partial charge in [-0.3, -0.25) is 4.79 Å². The van der Waals surface area contributed by atoms with Gasteiger partial charge in [0.1, 0.15) is 5.82 Å². The second-order valence-electron chi connectivity index (χ2n) is 7.50. The first-order valence-corrected chi connectivity index (χ1v) is 11.2. The summed E-state index contributed by atoms with van der Waals surface area (Å²) in [5.74, 6) is -0.492. The average molecular weight is 443 g/mol. The van der Waals surface area contributed by atoms with Crippen molar-refractivity contribution in [2.45, 2.75) is 32.9 Å². The summed E-state index contributed by atoms with van der Waals surface area (Å²) in [7, 11) is -2.99. The van der Waals surface area contributed by atoms with Gasteiger partial charge in [0.05, 0.1) is 7.11 Å². The molecular formula is C19H27FN4O5S. The van der Waals surface area contributed by atoms with E-state index in [0.29, 0.717) is 42.6 Å². The number of amides is 2. The molecule has 0 aliphatic carbocycles. The molecule has 30 heavy (non-hydrogen) atoms. The quantitative estimate of drug-likeness (QED) is 0.703. The summed E-state index contributed by atoms with van der Waals surface area (Å²) in [6.45, 7) is 5.46. The fourth-order valence-corrected chi connectivity index (χ4v) is 5.47. The molecule has 1 atom stereocenters. The lowest BCUT2D eigenvalue weighted by molar-refractivity contribution is -0.129. The normalized spacial score (nSPS) is 22.1. The highest BCUT2D eigenvalue weighted by Crippen LogP contribution is 2.27.